The molecule has 0 unspecified atom stereocenters. The molecule has 6 rings (SSSR count). The minimum Gasteiger partial charge on any atom is -0.340 e. The van der Waals surface area contributed by atoms with Crippen LogP contribution in [0.4, 0.5) is 10.7 Å². The third kappa shape index (κ3) is 3.08. The van der Waals surface area contributed by atoms with E-state index in [0.29, 0.717) is 6.67 Å². The zero-order valence-corrected chi connectivity index (χ0v) is 17.5. The van der Waals surface area contributed by atoms with Crippen LogP contribution in [0.2, 0.25) is 0 Å². The van der Waals surface area contributed by atoms with E-state index in [0.717, 1.165) is 35.4 Å². The summed E-state index contributed by atoms with van der Waals surface area (Å²) in [6, 6.07) is 17.0. The van der Waals surface area contributed by atoms with Crippen LogP contribution in [0, 0.1) is 0 Å². The highest BCUT2D eigenvalue weighted by atomic mass is 32.1. The third-order valence-corrected chi connectivity index (χ3v) is 7.35. The van der Waals surface area contributed by atoms with Crippen LogP contribution in [0.25, 0.3) is 10.9 Å². The fourth-order valence-corrected chi connectivity index (χ4v) is 5.88. The standard InChI is InChI=1S/C24H23N5S/c1-2-6-16(7-3-1)14-29-15-25-23(22-19-8-4-5-9-21(19)30-24(22)29)27-18-10-11-20-17(12-18)13-26-28-20/h1-3,6-7,10-13H,4-5,8-9,14-15H2,(H,25,27)(H,26,28). The number of amidine groups is 1. The SMILES string of the molecule is c1ccc(CN2CN=C(Nc3ccc4[nH]ncc4c3)c3c2sc2c3CCCC2)cc1. The van der Waals surface area contributed by atoms with Crippen LogP contribution in [-0.2, 0) is 19.4 Å². The number of benzene rings is 2. The Hall–Kier alpha value is -3.12. The van der Waals surface area contributed by atoms with Crippen molar-refractivity contribution in [1.29, 1.82) is 0 Å². The van der Waals surface area contributed by atoms with Gasteiger partial charge in [0.1, 0.15) is 17.5 Å². The summed E-state index contributed by atoms with van der Waals surface area (Å²) in [7, 11) is 0. The summed E-state index contributed by atoms with van der Waals surface area (Å²) >= 11 is 1.97. The molecule has 0 atom stereocenters. The van der Waals surface area contributed by atoms with Crippen molar-refractivity contribution in [2.24, 2.45) is 4.99 Å². The summed E-state index contributed by atoms with van der Waals surface area (Å²) in [5.74, 6) is 1.01. The van der Waals surface area contributed by atoms with Crippen LogP contribution < -0.4 is 10.2 Å². The van der Waals surface area contributed by atoms with Crippen molar-refractivity contribution in [3.63, 3.8) is 0 Å². The first kappa shape index (κ1) is 17.7. The number of fused-ring (bicyclic) bond motifs is 4. The zero-order chi connectivity index (χ0) is 19.9. The molecule has 150 valence electrons. The van der Waals surface area contributed by atoms with E-state index in [9.17, 15) is 0 Å². The van der Waals surface area contributed by atoms with Gasteiger partial charge >= 0.3 is 0 Å². The van der Waals surface area contributed by atoms with E-state index in [1.807, 2.05) is 17.5 Å². The molecule has 0 saturated carbocycles. The fourth-order valence-electron chi connectivity index (χ4n) is 4.50. The van der Waals surface area contributed by atoms with Crippen molar-refractivity contribution in [1.82, 2.24) is 10.2 Å². The molecule has 1 aliphatic heterocycles. The predicted octanol–water partition coefficient (Wildman–Crippen LogP) is 5.34. The van der Waals surface area contributed by atoms with Gasteiger partial charge in [-0.25, -0.2) is 4.99 Å². The predicted molar refractivity (Wildman–Crippen MR) is 125 cm³/mol. The van der Waals surface area contributed by atoms with Gasteiger partial charge in [0.05, 0.1) is 17.3 Å². The van der Waals surface area contributed by atoms with E-state index >= 15 is 0 Å². The number of nitrogens with one attached hydrogen (secondary N) is 2. The first-order valence-electron chi connectivity index (χ1n) is 10.5. The minimum atomic E-state index is 0.678. The Bertz CT molecular complexity index is 1240. The molecule has 3 heterocycles. The second-order valence-electron chi connectivity index (χ2n) is 8.02. The molecule has 2 aliphatic rings. The lowest BCUT2D eigenvalue weighted by molar-refractivity contribution is 0.695. The molecule has 2 aromatic heterocycles. The Morgan fingerprint density at radius 3 is 2.90 bits per heavy atom. The van der Waals surface area contributed by atoms with E-state index in [4.69, 9.17) is 4.99 Å². The van der Waals surface area contributed by atoms with E-state index in [1.54, 1.807) is 4.88 Å². The lowest BCUT2D eigenvalue weighted by atomic mass is 9.94. The molecule has 2 N–H and O–H groups in total. The molecular formula is C24H23N5S. The lowest BCUT2D eigenvalue weighted by Gasteiger charge is -2.28. The van der Waals surface area contributed by atoms with Crippen LogP contribution >= 0.6 is 11.3 Å². The van der Waals surface area contributed by atoms with E-state index < -0.39 is 0 Å². The quantitative estimate of drug-likeness (QED) is 0.477. The van der Waals surface area contributed by atoms with Crippen LogP contribution in [0.5, 0.6) is 0 Å². The van der Waals surface area contributed by atoms with Gasteiger partial charge in [-0.3, -0.25) is 5.10 Å². The van der Waals surface area contributed by atoms with Crippen LogP contribution in [0.3, 0.4) is 0 Å². The molecule has 0 fully saturated rings. The summed E-state index contributed by atoms with van der Waals surface area (Å²) in [6.45, 7) is 1.57. The minimum absolute atomic E-state index is 0.678. The molecule has 0 bridgehead atoms. The molecule has 0 radical (unpaired) electrons. The van der Waals surface area contributed by atoms with Gasteiger partial charge in [-0.1, -0.05) is 30.3 Å². The average Bonchev–Trinajstić information content (AvgIpc) is 3.41. The Labute approximate surface area is 179 Å². The molecule has 1 aliphatic carbocycles. The Morgan fingerprint density at radius 2 is 1.97 bits per heavy atom. The summed E-state index contributed by atoms with van der Waals surface area (Å²) in [4.78, 5) is 8.98. The maximum atomic E-state index is 5.01. The van der Waals surface area contributed by atoms with Crippen molar-refractivity contribution in [3.05, 3.63) is 76.3 Å². The number of anilines is 2. The number of aryl methyl sites for hydroxylation is 1. The highest BCUT2D eigenvalue weighted by molar-refractivity contribution is 7.16. The van der Waals surface area contributed by atoms with Crippen molar-refractivity contribution >= 4 is 38.8 Å². The lowest BCUT2D eigenvalue weighted by Crippen LogP contribution is -2.31. The number of aromatic amines is 1. The average molecular weight is 414 g/mol. The van der Waals surface area contributed by atoms with Crippen molar-refractivity contribution < 1.29 is 0 Å². The van der Waals surface area contributed by atoms with Crippen molar-refractivity contribution in [2.45, 2.75) is 32.2 Å². The van der Waals surface area contributed by atoms with E-state index in [1.165, 1.54) is 41.0 Å². The van der Waals surface area contributed by atoms with Gasteiger partial charge < -0.3 is 10.2 Å². The first-order chi connectivity index (χ1) is 14.8. The molecule has 6 heteroatoms. The molecule has 0 amide bonds. The number of thiophene rings is 1. The molecule has 5 nitrogen and oxygen atoms in total. The van der Waals surface area contributed by atoms with E-state index in [2.05, 4.69) is 68.9 Å². The number of rotatable bonds is 3. The van der Waals surface area contributed by atoms with Crippen LogP contribution in [0.15, 0.2) is 59.7 Å². The van der Waals surface area contributed by atoms with Gasteiger partial charge in [-0.2, -0.15) is 5.10 Å². The second-order valence-corrected chi connectivity index (χ2v) is 9.10. The van der Waals surface area contributed by atoms with E-state index in [-0.39, 0.29) is 0 Å². The smallest absolute Gasteiger partial charge is 0.137 e. The van der Waals surface area contributed by atoms with Crippen LogP contribution in [-0.4, -0.2) is 22.7 Å². The van der Waals surface area contributed by atoms with Gasteiger partial charge in [0.2, 0.25) is 0 Å². The fraction of sp³-hybridized carbons (Fsp3) is 0.250. The molecule has 0 spiro atoms. The number of nitrogens with zero attached hydrogens (tertiary/aromatic N) is 3. The summed E-state index contributed by atoms with van der Waals surface area (Å²) < 4.78 is 0. The molecular weight excluding hydrogens is 390 g/mol. The Kier molecular flexibility index (Phi) is 4.30. The number of H-pyrrole nitrogens is 1. The first-order valence-corrected chi connectivity index (χ1v) is 11.4. The van der Waals surface area contributed by atoms with Crippen LogP contribution in [0.1, 0.15) is 34.4 Å². The largest absolute Gasteiger partial charge is 0.340 e. The maximum absolute atomic E-state index is 5.01. The van der Waals surface area contributed by atoms with Crippen molar-refractivity contribution in [2.75, 3.05) is 16.9 Å². The number of hydrogen-bond acceptors (Lipinski definition) is 5. The maximum Gasteiger partial charge on any atom is 0.137 e. The summed E-state index contributed by atoms with van der Waals surface area (Å²) in [6.07, 6.45) is 6.77. The third-order valence-electron chi connectivity index (χ3n) is 6.00. The highest BCUT2D eigenvalue weighted by Gasteiger charge is 2.30. The Balaban J connectivity index is 1.37. The topological polar surface area (TPSA) is 56.3 Å². The summed E-state index contributed by atoms with van der Waals surface area (Å²) in [5.41, 5.74) is 6.26. The van der Waals surface area contributed by atoms with Gasteiger partial charge in [-0.05, 0) is 55.0 Å². The molecule has 2 aromatic carbocycles. The number of aromatic nitrogens is 2. The van der Waals surface area contributed by atoms with Crippen molar-refractivity contribution in [3.8, 4) is 0 Å². The number of aliphatic imine (C=N–C) groups is 1. The normalized spacial score (nSPS) is 15.6. The molecule has 0 saturated heterocycles. The second kappa shape index (κ2) is 7.29. The summed E-state index contributed by atoms with van der Waals surface area (Å²) in [5, 5.41) is 13.3. The Morgan fingerprint density at radius 1 is 1.07 bits per heavy atom. The molecule has 4 aromatic rings. The monoisotopic (exact) mass is 413 g/mol. The van der Waals surface area contributed by atoms with Gasteiger partial charge in [0, 0.05) is 22.5 Å². The number of hydrogen-bond donors (Lipinski definition) is 2. The highest BCUT2D eigenvalue weighted by Crippen LogP contribution is 2.42. The van der Waals surface area contributed by atoms with Gasteiger partial charge in [0.15, 0.2) is 0 Å². The zero-order valence-electron chi connectivity index (χ0n) is 16.7. The molecule has 30 heavy (non-hydrogen) atoms. The van der Waals surface area contributed by atoms with Gasteiger partial charge in [0.25, 0.3) is 0 Å². The van der Waals surface area contributed by atoms with Gasteiger partial charge in [-0.15, -0.1) is 11.3 Å².